The third-order valence-corrected chi connectivity index (χ3v) is 3.95. The smallest absolute Gasteiger partial charge is 0.325 e. The summed E-state index contributed by atoms with van der Waals surface area (Å²) in [6, 6.07) is 6.65. The van der Waals surface area contributed by atoms with Gasteiger partial charge in [0.05, 0.1) is 17.2 Å². The van der Waals surface area contributed by atoms with E-state index in [-0.39, 0.29) is 23.5 Å². The highest BCUT2D eigenvalue weighted by atomic mass is 32.2. The van der Waals surface area contributed by atoms with E-state index in [0.29, 0.717) is 12.3 Å². The molecule has 0 radical (unpaired) electrons. The minimum Gasteiger partial charge on any atom is -0.465 e. The summed E-state index contributed by atoms with van der Waals surface area (Å²) < 4.78 is 28.6. The molecule has 0 heterocycles. The molecule has 5 nitrogen and oxygen atoms in total. The van der Waals surface area contributed by atoms with Crippen LogP contribution in [0.15, 0.2) is 29.2 Å². The summed E-state index contributed by atoms with van der Waals surface area (Å²) in [6.07, 6.45) is 1.16. The summed E-state index contributed by atoms with van der Waals surface area (Å²) in [6.45, 7) is 5.87. The van der Waals surface area contributed by atoms with Gasteiger partial charge in [0.25, 0.3) is 0 Å². The minimum absolute atomic E-state index is 0.0256. The average molecular weight is 299 g/mol. The first kappa shape index (κ1) is 16.5. The van der Waals surface area contributed by atoms with Gasteiger partial charge in [-0.15, -0.1) is 0 Å². The Hall–Kier alpha value is -1.56. The van der Waals surface area contributed by atoms with Gasteiger partial charge in [-0.05, 0) is 32.9 Å². The molecule has 0 saturated heterocycles. The van der Waals surface area contributed by atoms with Gasteiger partial charge in [-0.25, -0.2) is 8.42 Å². The molecule has 6 heteroatoms. The molecule has 0 unspecified atom stereocenters. The molecule has 0 aliphatic rings. The molecule has 0 amide bonds. The lowest BCUT2D eigenvalue weighted by atomic mass is 10.2. The third-order valence-electron chi connectivity index (χ3n) is 2.80. The van der Waals surface area contributed by atoms with Gasteiger partial charge in [-0.3, -0.25) is 4.79 Å². The normalized spacial score (nSPS) is 11.4. The van der Waals surface area contributed by atoms with Crippen LogP contribution in [-0.4, -0.2) is 39.8 Å². The van der Waals surface area contributed by atoms with Gasteiger partial charge in [0.1, 0.15) is 6.54 Å². The molecule has 0 atom stereocenters. The standard InChI is InChI=1S/C14H21NO4S/c1-5-19-14(16)10-15(11(2)3)12-8-6-7-9-13(12)20(4,17)18/h6-9,11H,5,10H2,1-4H3. The van der Waals surface area contributed by atoms with Crippen molar-refractivity contribution in [3.05, 3.63) is 24.3 Å². The van der Waals surface area contributed by atoms with E-state index < -0.39 is 9.84 Å². The highest BCUT2D eigenvalue weighted by Gasteiger charge is 2.22. The monoisotopic (exact) mass is 299 g/mol. The third kappa shape index (κ3) is 4.23. The maximum Gasteiger partial charge on any atom is 0.325 e. The number of para-hydroxylation sites is 1. The predicted octanol–water partition coefficient (Wildman–Crippen LogP) is 1.87. The number of nitrogens with zero attached hydrogens (tertiary/aromatic N) is 1. The molecule has 0 bridgehead atoms. The molecular weight excluding hydrogens is 278 g/mol. The Morgan fingerprint density at radius 3 is 2.40 bits per heavy atom. The number of anilines is 1. The van der Waals surface area contributed by atoms with E-state index in [0.717, 1.165) is 6.26 Å². The summed E-state index contributed by atoms with van der Waals surface area (Å²) in [5, 5.41) is 0. The van der Waals surface area contributed by atoms with Crippen LogP contribution in [0.1, 0.15) is 20.8 Å². The molecular formula is C14H21NO4S. The quantitative estimate of drug-likeness (QED) is 0.750. The summed E-state index contributed by atoms with van der Waals surface area (Å²) in [4.78, 5) is 13.6. The first-order valence-corrected chi connectivity index (χ1v) is 8.37. The van der Waals surface area contributed by atoms with E-state index in [4.69, 9.17) is 4.74 Å². The Morgan fingerprint density at radius 2 is 1.90 bits per heavy atom. The van der Waals surface area contributed by atoms with Crippen LogP contribution < -0.4 is 4.90 Å². The van der Waals surface area contributed by atoms with E-state index >= 15 is 0 Å². The second-order valence-electron chi connectivity index (χ2n) is 4.77. The van der Waals surface area contributed by atoms with Crippen molar-refractivity contribution in [2.75, 3.05) is 24.3 Å². The Kier molecular flexibility index (Phi) is 5.56. The fourth-order valence-corrected chi connectivity index (χ4v) is 2.79. The molecule has 112 valence electrons. The molecule has 0 aliphatic carbocycles. The molecule has 0 N–H and O–H groups in total. The second-order valence-corrected chi connectivity index (χ2v) is 6.75. The van der Waals surface area contributed by atoms with Crippen molar-refractivity contribution in [2.45, 2.75) is 31.7 Å². The van der Waals surface area contributed by atoms with Gasteiger partial charge < -0.3 is 9.64 Å². The van der Waals surface area contributed by atoms with Crippen LogP contribution >= 0.6 is 0 Å². The van der Waals surface area contributed by atoms with Crippen LogP contribution in [0.3, 0.4) is 0 Å². The predicted molar refractivity (Wildman–Crippen MR) is 78.7 cm³/mol. The lowest BCUT2D eigenvalue weighted by molar-refractivity contribution is -0.141. The molecule has 0 saturated carbocycles. The van der Waals surface area contributed by atoms with Crippen molar-refractivity contribution < 1.29 is 17.9 Å². The number of sulfone groups is 1. The lowest BCUT2D eigenvalue weighted by Gasteiger charge is -2.29. The number of carbonyl (C=O) groups excluding carboxylic acids is 1. The highest BCUT2D eigenvalue weighted by molar-refractivity contribution is 7.90. The molecule has 0 aromatic heterocycles. The number of esters is 1. The van der Waals surface area contributed by atoms with Crippen LogP contribution in [0.25, 0.3) is 0 Å². The fraction of sp³-hybridized carbons (Fsp3) is 0.500. The number of carbonyl (C=O) groups is 1. The first-order chi connectivity index (χ1) is 9.27. The van der Waals surface area contributed by atoms with Crippen molar-refractivity contribution in [1.29, 1.82) is 0 Å². The largest absolute Gasteiger partial charge is 0.465 e. The maximum atomic E-state index is 11.8. The van der Waals surface area contributed by atoms with Crippen LogP contribution in [0.4, 0.5) is 5.69 Å². The van der Waals surface area contributed by atoms with Crippen molar-refractivity contribution >= 4 is 21.5 Å². The SMILES string of the molecule is CCOC(=O)CN(c1ccccc1S(C)(=O)=O)C(C)C. The Balaban J connectivity index is 3.20. The Bertz CT molecular complexity index is 566. The van der Waals surface area contributed by atoms with Crippen molar-refractivity contribution in [3.8, 4) is 0 Å². The molecule has 0 fully saturated rings. The average Bonchev–Trinajstić information content (AvgIpc) is 2.35. The van der Waals surface area contributed by atoms with Crippen molar-refractivity contribution in [1.82, 2.24) is 0 Å². The zero-order valence-electron chi connectivity index (χ0n) is 12.3. The van der Waals surface area contributed by atoms with Crippen LogP contribution in [0.2, 0.25) is 0 Å². The molecule has 1 rings (SSSR count). The lowest BCUT2D eigenvalue weighted by Crippen LogP contribution is -2.37. The topological polar surface area (TPSA) is 63.7 Å². The number of rotatable bonds is 6. The van der Waals surface area contributed by atoms with Gasteiger partial charge >= 0.3 is 5.97 Å². The second kappa shape index (κ2) is 6.74. The van der Waals surface area contributed by atoms with Gasteiger partial charge in [0, 0.05) is 12.3 Å². The maximum absolute atomic E-state index is 11.8. The molecule has 20 heavy (non-hydrogen) atoms. The molecule has 0 spiro atoms. The summed E-state index contributed by atoms with van der Waals surface area (Å²) in [7, 11) is -3.35. The number of hydrogen-bond donors (Lipinski definition) is 0. The fourth-order valence-electron chi connectivity index (χ4n) is 1.90. The van der Waals surface area contributed by atoms with Crippen LogP contribution in [-0.2, 0) is 19.4 Å². The molecule has 1 aromatic rings. The van der Waals surface area contributed by atoms with E-state index in [1.807, 2.05) is 13.8 Å². The van der Waals surface area contributed by atoms with Gasteiger partial charge in [-0.2, -0.15) is 0 Å². The van der Waals surface area contributed by atoms with E-state index in [1.165, 1.54) is 0 Å². The van der Waals surface area contributed by atoms with Crippen molar-refractivity contribution in [3.63, 3.8) is 0 Å². The van der Waals surface area contributed by atoms with Crippen molar-refractivity contribution in [2.24, 2.45) is 0 Å². The van der Waals surface area contributed by atoms with E-state index in [1.54, 1.807) is 36.1 Å². The zero-order valence-corrected chi connectivity index (χ0v) is 13.1. The highest BCUT2D eigenvalue weighted by Crippen LogP contribution is 2.26. The number of ether oxygens (including phenoxy) is 1. The van der Waals surface area contributed by atoms with E-state index in [9.17, 15) is 13.2 Å². The minimum atomic E-state index is -3.35. The Morgan fingerprint density at radius 1 is 1.30 bits per heavy atom. The number of hydrogen-bond acceptors (Lipinski definition) is 5. The van der Waals surface area contributed by atoms with Crippen LogP contribution in [0.5, 0.6) is 0 Å². The van der Waals surface area contributed by atoms with E-state index in [2.05, 4.69) is 0 Å². The summed E-state index contributed by atoms with van der Waals surface area (Å²) in [5.74, 6) is -0.371. The van der Waals surface area contributed by atoms with Gasteiger partial charge in [0.15, 0.2) is 9.84 Å². The van der Waals surface area contributed by atoms with Gasteiger partial charge in [0.2, 0.25) is 0 Å². The zero-order chi connectivity index (χ0) is 15.3. The molecule has 0 aliphatic heterocycles. The summed E-state index contributed by atoms with van der Waals surface area (Å²) >= 11 is 0. The molecule has 1 aromatic carbocycles. The van der Waals surface area contributed by atoms with Crippen LogP contribution in [0, 0.1) is 0 Å². The Labute approximate surface area is 120 Å². The first-order valence-electron chi connectivity index (χ1n) is 6.48. The van der Waals surface area contributed by atoms with Gasteiger partial charge in [-0.1, -0.05) is 12.1 Å². The number of benzene rings is 1. The summed E-state index contributed by atoms with van der Waals surface area (Å²) in [5.41, 5.74) is 0.526.